The van der Waals surface area contributed by atoms with Crippen LogP contribution in [0.1, 0.15) is 25.5 Å². The summed E-state index contributed by atoms with van der Waals surface area (Å²) in [4.78, 5) is 11.1. The molecule has 1 saturated heterocycles. The molecular formula is C22H24N8. The Kier molecular flexibility index (Phi) is 4.96. The van der Waals surface area contributed by atoms with Crippen molar-refractivity contribution in [2.24, 2.45) is 0 Å². The lowest BCUT2D eigenvalue weighted by molar-refractivity contribution is 0.521. The van der Waals surface area contributed by atoms with Crippen molar-refractivity contribution >= 4 is 17.3 Å². The van der Waals surface area contributed by atoms with E-state index in [1.165, 1.54) is 0 Å². The molecular weight excluding hydrogens is 376 g/mol. The van der Waals surface area contributed by atoms with Crippen LogP contribution in [0.3, 0.4) is 0 Å². The smallest absolute Gasteiger partial charge is 0.185 e. The first-order valence-electron chi connectivity index (χ1n) is 10.4. The van der Waals surface area contributed by atoms with Crippen molar-refractivity contribution in [3.05, 3.63) is 60.6 Å². The highest BCUT2D eigenvalue weighted by Gasteiger charge is 2.21. The van der Waals surface area contributed by atoms with Gasteiger partial charge in [-0.15, -0.1) is 15.3 Å². The molecule has 0 radical (unpaired) electrons. The van der Waals surface area contributed by atoms with E-state index in [9.17, 15) is 0 Å². The molecule has 0 unspecified atom stereocenters. The van der Waals surface area contributed by atoms with E-state index in [0.29, 0.717) is 6.04 Å². The molecule has 0 amide bonds. The van der Waals surface area contributed by atoms with Gasteiger partial charge in [0.25, 0.3) is 0 Å². The van der Waals surface area contributed by atoms with Crippen molar-refractivity contribution in [1.82, 2.24) is 29.8 Å². The lowest BCUT2D eigenvalue weighted by atomic mass is 10.0. The van der Waals surface area contributed by atoms with Crippen LogP contribution < -0.4 is 10.2 Å². The average molecular weight is 400 g/mol. The van der Waals surface area contributed by atoms with E-state index in [1.54, 1.807) is 10.8 Å². The normalized spacial score (nSPS) is 14.9. The standard InChI is InChI=1S/C22H24N8/c1-2-17-14-21(24-15-23-17)29-12-10-18(11-13-29)25-19-8-9-20-26-27-22(30(20)28-19)16-6-4-3-5-7-16/h3-9,14-15,18H,2,10-13H2,1H3,(H,25,28). The second-order valence-corrected chi connectivity index (χ2v) is 7.50. The molecule has 1 aliphatic heterocycles. The molecule has 152 valence electrons. The highest BCUT2D eigenvalue weighted by atomic mass is 15.4. The molecule has 4 heterocycles. The summed E-state index contributed by atoms with van der Waals surface area (Å²) in [5.41, 5.74) is 2.82. The minimum atomic E-state index is 0.371. The number of fused-ring (bicyclic) bond motifs is 1. The molecule has 0 atom stereocenters. The van der Waals surface area contributed by atoms with E-state index in [-0.39, 0.29) is 0 Å². The number of benzene rings is 1. The van der Waals surface area contributed by atoms with Gasteiger partial charge in [0.1, 0.15) is 18.0 Å². The average Bonchev–Trinajstić information content (AvgIpc) is 3.23. The Morgan fingerprint density at radius 1 is 1.00 bits per heavy atom. The molecule has 0 spiro atoms. The number of nitrogens with zero attached hydrogens (tertiary/aromatic N) is 7. The van der Waals surface area contributed by atoms with Gasteiger partial charge < -0.3 is 10.2 Å². The van der Waals surface area contributed by atoms with E-state index >= 15 is 0 Å². The number of hydrogen-bond acceptors (Lipinski definition) is 7. The first-order valence-corrected chi connectivity index (χ1v) is 10.4. The number of aromatic nitrogens is 6. The molecule has 30 heavy (non-hydrogen) atoms. The minimum Gasteiger partial charge on any atom is -0.366 e. The second kappa shape index (κ2) is 8.06. The number of nitrogens with one attached hydrogen (secondary N) is 1. The summed E-state index contributed by atoms with van der Waals surface area (Å²) >= 11 is 0. The van der Waals surface area contributed by atoms with Crippen molar-refractivity contribution in [3.8, 4) is 11.4 Å². The van der Waals surface area contributed by atoms with Crippen LogP contribution in [0.2, 0.25) is 0 Å². The van der Waals surface area contributed by atoms with Crippen LogP contribution >= 0.6 is 0 Å². The third kappa shape index (κ3) is 3.68. The van der Waals surface area contributed by atoms with Crippen molar-refractivity contribution < 1.29 is 0 Å². The number of hydrogen-bond donors (Lipinski definition) is 1. The summed E-state index contributed by atoms with van der Waals surface area (Å²) in [6.45, 7) is 4.04. The maximum absolute atomic E-state index is 4.75. The largest absolute Gasteiger partial charge is 0.366 e. The highest BCUT2D eigenvalue weighted by Crippen LogP contribution is 2.22. The topological polar surface area (TPSA) is 84.1 Å². The lowest BCUT2D eigenvalue weighted by Crippen LogP contribution is -2.39. The Bertz CT molecular complexity index is 1130. The van der Waals surface area contributed by atoms with Gasteiger partial charge in [-0.05, 0) is 31.4 Å². The summed E-state index contributed by atoms with van der Waals surface area (Å²) in [5.74, 6) is 2.62. The Labute approximate surface area is 175 Å². The molecule has 4 aromatic rings. The van der Waals surface area contributed by atoms with E-state index < -0.39 is 0 Å². The molecule has 1 N–H and O–H groups in total. The fourth-order valence-electron chi connectivity index (χ4n) is 3.85. The van der Waals surface area contributed by atoms with Gasteiger partial charge >= 0.3 is 0 Å². The number of piperidine rings is 1. The van der Waals surface area contributed by atoms with Gasteiger partial charge in [0.15, 0.2) is 11.5 Å². The fourth-order valence-corrected chi connectivity index (χ4v) is 3.85. The summed E-state index contributed by atoms with van der Waals surface area (Å²) in [7, 11) is 0. The van der Waals surface area contributed by atoms with E-state index in [2.05, 4.69) is 43.4 Å². The van der Waals surface area contributed by atoms with Gasteiger partial charge in [0.2, 0.25) is 0 Å². The Morgan fingerprint density at radius 3 is 2.63 bits per heavy atom. The van der Waals surface area contributed by atoms with Crippen molar-refractivity contribution in [1.29, 1.82) is 0 Å². The van der Waals surface area contributed by atoms with Crippen molar-refractivity contribution in [3.63, 3.8) is 0 Å². The zero-order chi connectivity index (χ0) is 20.3. The first-order chi connectivity index (χ1) is 14.8. The summed E-state index contributed by atoms with van der Waals surface area (Å²) in [5, 5.41) is 16.9. The monoisotopic (exact) mass is 400 g/mol. The predicted octanol–water partition coefficient (Wildman–Crippen LogP) is 3.22. The molecule has 0 aliphatic carbocycles. The maximum Gasteiger partial charge on any atom is 0.185 e. The van der Waals surface area contributed by atoms with Gasteiger partial charge in [0, 0.05) is 36.5 Å². The van der Waals surface area contributed by atoms with Gasteiger partial charge in [0.05, 0.1) is 0 Å². The predicted molar refractivity (Wildman–Crippen MR) is 116 cm³/mol. The van der Waals surface area contributed by atoms with Gasteiger partial charge in [-0.3, -0.25) is 0 Å². The quantitative estimate of drug-likeness (QED) is 0.551. The van der Waals surface area contributed by atoms with Crippen molar-refractivity contribution in [2.45, 2.75) is 32.2 Å². The van der Waals surface area contributed by atoms with Crippen LogP contribution in [0.5, 0.6) is 0 Å². The molecule has 1 aliphatic rings. The van der Waals surface area contributed by atoms with E-state index in [4.69, 9.17) is 5.10 Å². The molecule has 1 fully saturated rings. The van der Waals surface area contributed by atoms with Crippen molar-refractivity contribution in [2.75, 3.05) is 23.3 Å². The summed E-state index contributed by atoms with van der Waals surface area (Å²) in [6, 6.07) is 16.4. The molecule has 1 aromatic carbocycles. The molecule has 3 aromatic heterocycles. The Morgan fingerprint density at radius 2 is 1.83 bits per heavy atom. The number of anilines is 2. The summed E-state index contributed by atoms with van der Waals surface area (Å²) < 4.78 is 1.81. The zero-order valence-corrected chi connectivity index (χ0v) is 16.9. The lowest BCUT2D eigenvalue weighted by Gasteiger charge is -2.33. The van der Waals surface area contributed by atoms with Crippen LogP contribution in [-0.2, 0) is 6.42 Å². The van der Waals surface area contributed by atoms with E-state index in [0.717, 1.165) is 66.7 Å². The van der Waals surface area contributed by atoms with Gasteiger partial charge in [-0.2, -0.15) is 4.52 Å². The SMILES string of the molecule is CCc1cc(N2CCC(Nc3ccc4nnc(-c5ccccc5)n4n3)CC2)ncn1. The van der Waals surface area contributed by atoms with Gasteiger partial charge in [-0.25, -0.2) is 9.97 Å². The third-order valence-electron chi connectivity index (χ3n) is 5.54. The van der Waals surface area contributed by atoms with Crippen LogP contribution in [0.15, 0.2) is 54.9 Å². The third-order valence-corrected chi connectivity index (χ3v) is 5.54. The van der Waals surface area contributed by atoms with Crippen LogP contribution in [0, 0.1) is 0 Å². The molecule has 0 bridgehead atoms. The van der Waals surface area contributed by atoms with Crippen LogP contribution in [-0.4, -0.2) is 48.9 Å². The maximum atomic E-state index is 4.75. The molecule has 5 rings (SSSR count). The summed E-state index contributed by atoms with van der Waals surface area (Å²) in [6.07, 6.45) is 4.65. The van der Waals surface area contributed by atoms with E-state index in [1.807, 2.05) is 42.5 Å². The van der Waals surface area contributed by atoms with Crippen LogP contribution in [0.4, 0.5) is 11.6 Å². The minimum absolute atomic E-state index is 0.371. The molecule has 8 nitrogen and oxygen atoms in total. The van der Waals surface area contributed by atoms with Crippen LogP contribution in [0.25, 0.3) is 17.0 Å². The zero-order valence-electron chi connectivity index (χ0n) is 16.9. The first kappa shape index (κ1) is 18.5. The Balaban J connectivity index is 1.28. The Hall–Kier alpha value is -3.55. The number of aryl methyl sites for hydroxylation is 1. The molecule has 8 heteroatoms. The number of rotatable bonds is 5. The van der Waals surface area contributed by atoms with Gasteiger partial charge in [-0.1, -0.05) is 37.3 Å². The highest BCUT2D eigenvalue weighted by molar-refractivity contribution is 5.59. The fraction of sp³-hybridized carbons (Fsp3) is 0.318. The second-order valence-electron chi connectivity index (χ2n) is 7.50. The molecule has 0 saturated carbocycles.